The molecule has 2 heterocycles. The molecule has 0 radical (unpaired) electrons. The fourth-order valence-electron chi connectivity index (χ4n) is 4.40. The lowest BCUT2D eigenvalue weighted by molar-refractivity contribution is -0.0612. The number of likely N-dealkylation sites (tertiary alicyclic amines) is 1. The summed E-state index contributed by atoms with van der Waals surface area (Å²) in [6.45, 7) is 2.78. The number of β-amino-alcohol motifs (C(OH)–C–C–N with tert-alkyl or cyclic N) is 1. The van der Waals surface area contributed by atoms with Crippen molar-refractivity contribution in [3.05, 3.63) is 65.5 Å². The second-order valence-corrected chi connectivity index (χ2v) is 7.76. The number of aliphatic hydroxyl groups is 1. The molecule has 2 atom stereocenters. The van der Waals surface area contributed by atoms with E-state index in [1.54, 1.807) is 4.90 Å². The molecule has 0 aliphatic carbocycles. The van der Waals surface area contributed by atoms with Crippen LogP contribution < -0.4 is 0 Å². The maximum absolute atomic E-state index is 13.1. The van der Waals surface area contributed by atoms with Gasteiger partial charge in [0.2, 0.25) is 0 Å². The molecular formula is C22H26N4O2. The van der Waals surface area contributed by atoms with Crippen LogP contribution in [0.1, 0.15) is 28.2 Å². The van der Waals surface area contributed by atoms with E-state index in [0.29, 0.717) is 25.1 Å². The minimum Gasteiger partial charge on any atom is -0.389 e. The van der Waals surface area contributed by atoms with Crippen molar-refractivity contribution < 1.29 is 9.90 Å². The molecule has 6 nitrogen and oxygen atoms in total. The number of benzene rings is 2. The number of hydrogen-bond acceptors (Lipinski definition) is 4. The highest BCUT2D eigenvalue weighted by atomic mass is 16.3. The lowest BCUT2D eigenvalue weighted by Crippen LogP contribution is -2.60. The summed E-state index contributed by atoms with van der Waals surface area (Å²) < 4.78 is 0. The number of hydrogen-bond donors (Lipinski definition) is 2. The zero-order chi connectivity index (χ0) is 19.9. The van der Waals surface area contributed by atoms with E-state index in [-0.39, 0.29) is 5.91 Å². The Bertz CT molecular complexity index is 998. The highest BCUT2D eigenvalue weighted by Gasteiger charge is 2.46. The minimum atomic E-state index is -0.680. The molecule has 0 unspecified atom stereocenters. The molecule has 1 amide bonds. The fourth-order valence-corrected chi connectivity index (χ4v) is 4.40. The van der Waals surface area contributed by atoms with Crippen LogP contribution in [0.5, 0.6) is 0 Å². The van der Waals surface area contributed by atoms with E-state index in [2.05, 4.69) is 27.0 Å². The zero-order valence-electron chi connectivity index (χ0n) is 16.5. The van der Waals surface area contributed by atoms with Gasteiger partial charge >= 0.3 is 0 Å². The average molecular weight is 378 g/mol. The van der Waals surface area contributed by atoms with E-state index in [9.17, 15) is 9.90 Å². The number of nitrogens with zero attached hydrogens (tertiary/aromatic N) is 3. The van der Waals surface area contributed by atoms with E-state index in [4.69, 9.17) is 0 Å². The van der Waals surface area contributed by atoms with Crippen LogP contribution in [0.15, 0.2) is 48.5 Å². The molecule has 3 aromatic rings. The monoisotopic (exact) mass is 378 g/mol. The maximum Gasteiger partial charge on any atom is 0.254 e. The van der Waals surface area contributed by atoms with Gasteiger partial charge in [-0.3, -0.25) is 9.69 Å². The second-order valence-electron chi connectivity index (χ2n) is 7.76. The smallest absolute Gasteiger partial charge is 0.254 e. The van der Waals surface area contributed by atoms with Gasteiger partial charge in [0.05, 0.1) is 22.7 Å². The molecule has 0 saturated carbocycles. The van der Waals surface area contributed by atoms with E-state index in [1.807, 2.05) is 57.4 Å². The highest BCUT2D eigenvalue weighted by Crippen LogP contribution is 2.38. The number of H-pyrrole nitrogens is 1. The molecule has 0 spiro atoms. The van der Waals surface area contributed by atoms with Crippen LogP contribution in [0.3, 0.4) is 0 Å². The normalized spacial score (nSPS) is 22.8. The number of aliphatic hydroxyl groups excluding tert-OH is 1. The summed E-state index contributed by atoms with van der Waals surface area (Å²) in [4.78, 5) is 24.5. The van der Waals surface area contributed by atoms with Gasteiger partial charge < -0.3 is 15.0 Å². The second kappa shape index (κ2) is 7.04. The van der Waals surface area contributed by atoms with Crippen LogP contribution in [0.2, 0.25) is 0 Å². The summed E-state index contributed by atoms with van der Waals surface area (Å²) >= 11 is 0. The molecule has 1 aliphatic heterocycles. The Morgan fingerprint density at radius 3 is 2.68 bits per heavy atom. The number of nitrogens with one attached hydrogen (secondary N) is 1. The number of rotatable bonds is 3. The first-order valence-electron chi connectivity index (χ1n) is 9.58. The van der Waals surface area contributed by atoms with Crippen LogP contribution in [-0.4, -0.2) is 64.1 Å². The Morgan fingerprint density at radius 1 is 1.25 bits per heavy atom. The Labute approximate surface area is 164 Å². The SMILES string of the molecule is Cc1nc2ccc(C(=O)N3CC[C@@](c4ccccc4)(N(C)C)[C@H](O)C3)cc2[nH]1. The zero-order valence-corrected chi connectivity index (χ0v) is 16.5. The van der Waals surface area contributed by atoms with Gasteiger partial charge in [-0.2, -0.15) is 0 Å². The van der Waals surface area contributed by atoms with Gasteiger partial charge in [0.25, 0.3) is 5.91 Å². The number of amides is 1. The quantitative estimate of drug-likeness (QED) is 0.735. The van der Waals surface area contributed by atoms with Gasteiger partial charge in [0.15, 0.2) is 0 Å². The van der Waals surface area contributed by atoms with Crippen molar-refractivity contribution >= 4 is 16.9 Å². The van der Waals surface area contributed by atoms with Gasteiger partial charge in [-0.05, 0) is 51.2 Å². The molecule has 4 rings (SSSR count). The molecule has 0 bridgehead atoms. The molecule has 2 aromatic carbocycles. The van der Waals surface area contributed by atoms with Crippen molar-refractivity contribution in [1.29, 1.82) is 0 Å². The summed E-state index contributed by atoms with van der Waals surface area (Å²) in [5.41, 5.74) is 2.90. The standard InChI is InChI=1S/C22H26N4O2/c1-15-23-18-10-9-16(13-19(18)24-15)21(28)26-12-11-22(25(2)3,20(27)14-26)17-7-5-4-6-8-17/h4-10,13,20,27H,11-12,14H2,1-3H3,(H,23,24)/t20-,22+/m1/s1. The number of carbonyl (C=O) groups excluding carboxylic acids is 1. The van der Waals surface area contributed by atoms with Crippen molar-refractivity contribution in [1.82, 2.24) is 19.8 Å². The van der Waals surface area contributed by atoms with E-state index in [0.717, 1.165) is 22.4 Å². The van der Waals surface area contributed by atoms with Crippen molar-refractivity contribution in [3.8, 4) is 0 Å². The predicted molar refractivity (Wildman–Crippen MR) is 109 cm³/mol. The first kappa shape index (κ1) is 18.7. The van der Waals surface area contributed by atoms with Crippen LogP contribution in [-0.2, 0) is 5.54 Å². The van der Waals surface area contributed by atoms with Gasteiger partial charge in [0, 0.05) is 18.7 Å². The lowest BCUT2D eigenvalue weighted by Gasteiger charge is -2.49. The van der Waals surface area contributed by atoms with E-state index >= 15 is 0 Å². The molecule has 1 aliphatic rings. The summed E-state index contributed by atoms with van der Waals surface area (Å²) in [5.74, 6) is 0.764. The van der Waals surface area contributed by atoms with Crippen LogP contribution >= 0.6 is 0 Å². The van der Waals surface area contributed by atoms with E-state index < -0.39 is 11.6 Å². The summed E-state index contributed by atoms with van der Waals surface area (Å²) in [6.07, 6.45) is -0.0109. The third kappa shape index (κ3) is 2.99. The summed E-state index contributed by atoms with van der Waals surface area (Å²) in [7, 11) is 3.98. The predicted octanol–water partition coefficient (Wildman–Crippen LogP) is 2.54. The van der Waals surface area contributed by atoms with Crippen molar-refractivity contribution in [3.63, 3.8) is 0 Å². The van der Waals surface area contributed by atoms with Gasteiger partial charge in [-0.15, -0.1) is 0 Å². The van der Waals surface area contributed by atoms with Gasteiger partial charge in [-0.1, -0.05) is 30.3 Å². The molecule has 1 aromatic heterocycles. The van der Waals surface area contributed by atoms with Crippen molar-refractivity contribution in [2.24, 2.45) is 0 Å². The third-order valence-electron chi connectivity index (χ3n) is 5.91. The minimum absolute atomic E-state index is 0.0615. The number of imidazole rings is 1. The molecule has 2 N–H and O–H groups in total. The summed E-state index contributed by atoms with van der Waals surface area (Å²) in [6, 6.07) is 15.6. The van der Waals surface area contributed by atoms with Gasteiger partial charge in [-0.25, -0.2) is 4.98 Å². The van der Waals surface area contributed by atoms with Crippen LogP contribution in [0, 0.1) is 6.92 Å². The lowest BCUT2D eigenvalue weighted by atomic mass is 9.77. The van der Waals surface area contributed by atoms with E-state index in [1.165, 1.54) is 0 Å². The number of aromatic nitrogens is 2. The number of aromatic amines is 1. The number of aryl methyl sites for hydroxylation is 1. The number of likely N-dealkylation sites (N-methyl/N-ethyl adjacent to an activating group) is 1. The van der Waals surface area contributed by atoms with Crippen LogP contribution in [0.4, 0.5) is 0 Å². The van der Waals surface area contributed by atoms with Gasteiger partial charge in [0.1, 0.15) is 5.82 Å². The largest absolute Gasteiger partial charge is 0.389 e. The Kier molecular flexibility index (Phi) is 4.69. The third-order valence-corrected chi connectivity index (χ3v) is 5.91. The topological polar surface area (TPSA) is 72.5 Å². The van der Waals surface area contributed by atoms with Crippen molar-refractivity contribution in [2.45, 2.75) is 25.0 Å². The maximum atomic E-state index is 13.1. The first-order chi connectivity index (χ1) is 13.4. The van der Waals surface area contributed by atoms with Crippen LogP contribution in [0.25, 0.3) is 11.0 Å². The van der Waals surface area contributed by atoms with Crippen molar-refractivity contribution in [2.75, 3.05) is 27.2 Å². The molecule has 28 heavy (non-hydrogen) atoms. The fraction of sp³-hybridized carbons (Fsp3) is 0.364. The molecule has 146 valence electrons. The number of piperidine rings is 1. The Balaban J connectivity index is 1.59. The Hall–Kier alpha value is -2.70. The molecule has 1 fully saturated rings. The average Bonchev–Trinajstić information content (AvgIpc) is 3.07. The molecule has 1 saturated heterocycles. The first-order valence-corrected chi connectivity index (χ1v) is 9.58. The molecular weight excluding hydrogens is 352 g/mol. The Morgan fingerprint density at radius 2 is 2.00 bits per heavy atom. The summed E-state index contributed by atoms with van der Waals surface area (Å²) in [5, 5.41) is 11.1. The number of fused-ring (bicyclic) bond motifs is 1. The number of carbonyl (C=O) groups is 1. The highest BCUT2D eigenvalue weighted by molar-refractivity contribution is 5.97. The molecule has 6 heteroatoms.